The molecule has 58 heavy (non-hydrogen) atoms. The molecule has 0 aliphatic carbocycles. The lowest BCUT2D eigenvalue weighted by Gasteiger charge is -2.26. The summed E-state index contributed by atoms with van der Waals surface area (Å²) >= 11 is 0. The molecule has 12 rings (SSSR count). The van der Waals surface area contributed by atoms with Crippen LogP contribution in [0.3, 0.4) is 0 Å². The maximum absolute atomic E-state index is 6.34. The van der Waals surface area contributed by atoms with Gasteiger partial charge in [0.15, 0.2) is 16.7 Å². The predicted octanol–water partition coefficient (Wildman–Crippen LogP) is 14.0. The summed E-state index contributed by atoms with van der Waals surface area (Å²) in [5.41, 5.74) is 13.7. The summed E-state index contributed by atoms with van der Waals surface area (Å²) in [7, 11) is 0. The van der Waals surface area contributed by atoms with Crippen LogP contribution in [0, 0.1) is 0 Å². The molecule has 7 nitrogen and oxygen atoms in total. The Bertz CT molecular complexity index is 3340. The smallest absolute Gasteiger partial charge is 0.227 e. The first-order valence-corrected chi connectivity index (χ1v) is 19.2. The van der Waals surface area contributed by atoms with Gasteiger partial charge in [0.25, 0.3) is 0 Å². The first kappa shape index (κ1) is 32.2. The minimum Gasteiger partial charge on any atom is -0.454 e. The molecule has 12 aromatic rings. The van der Waals surface area contributed by atoms with Crippen LogP contribution in [0.25, 0.3) is 100.0 Å². The zero-order valence-electron chi connectivity index (χ0n) is 30.8. The minimum absolute atomic E-state index is 0.591. The number of hydrogen-bond acceptors (Lipinski definition) is 7. The molecule has 0 N–H and O–H groups in total. The zero-order valence-corrected chi connectivity index (χ0v) is 30.8. The van der Waals surface area contributed by atoms with Crippen LogP contribution < -0.4 is 4.90 Å². The molecule has 0 radical (unpaired) electrons. The average Bonchev–Trinajstić information content (AvgIpc) is 4.01. The van der Waals surface area contributed by atoms with Crippen LogP contribution in [0.2, 0.25) is 0 Å². The van der Waals surface area contributed by atoms with Gasteiger partial charge in [-0.25, -0.2) is 15.0 Å². The number of para-hydroxylation sites is 5. The summed E-state index contributed by atoms with van der Waals surface area (Å²) in [6.07, 6.45) is 0. The van der Waals surface area contributed by atoms with Gasteiger partial charge in [0.1, 0.15) is 22.1 Å². The molecule has 7 heteroatoms. The second-order valence-corrected chi connectivity index (χ2v) is 14.5. The van der Waals surface area contributed by atoms with E-state index in [0.717, 1.165) is 105 Å². The van der Waals surface area contributed by atoms with Crippen molar-refractivity contribution in [3.8, 4) is 34.0 Å². The SMILES string of the molecule is c1ccc2nc3c(cc2c1)oc1cc(-c2ccc4cc(N(c5ccc(-c6nc7ccccc7o6)cc5)c5ccc(-c6nc7ccccc7o6)cc5)ccc4c2)ccc13. The van der Waals surface area contributed by atoms with E-state index in [1.165, 1.54) is 0 Å². The maximum Gasteiger partial charge on any atom is 0.227 e. The third-order valence-corrected chi connectivity index (χ3v) is 10.9. The molecule has 0 amide bonds. The molecule has 0 aliphatic rings. The number of oxazole rings is 2. The van der Waals surface area contributed by atoms with E-state index in [0.29, 0.717) is 11.8 Å². The van der Waals surface area contributed by atoms with Crippen molar-refractivity contribution in [3.63, 3.8) is 0 Å². The van der Waals surface area contributed by atoms with Crippen molar-refractivity contribution in [1.29, 1.82) is 0 Å². The number of pyridine rings is 1. The lowest BCUT2D eigenvalue weighted by molar-refractivity contribution is 0.619. The summed E-state index contributed by atoms with van der Waals surface area (Å²) in [5, 5.41) is 4.34. The quantitative estimate of drug-likeness (QED) is 0.168. The highest BCUT2D eigenvalue weighted by atomic mass is 16.4. The molecule has 272 valence electrons. The van der Waals surface area contributed by atoms with Crippen LogP contribution in [0.5, 0.6) is 0 Å². The number of furan rings is 1. The summed E-state index contributed by atoms with van der Waals surface area (Å²) in [6.45, 7) is 0. The minimum atomic E-state index is 0.591. The van der Waals surface area contributed by atoms with Gasteiger partial charge in [0.2, 0.25) is 11.8 Å². The van der Waals surface area contributed by atoms with Gasteiger partial charge in [-0.15, -0.1) is 0 Å². The summed E-state index contributed by atoms with van der Waals surface area (Å²) in [4.78, 5) is 16.6. The van der Waals surface area contributed by atoms with E-state index in [9.17, 15) is 0 Å². The molecule has 0 spiro atoms. The molecule has 4 heterocycles. The van der Waals surface area contributed by atoms with Crippen LogP contribution in [0.1, 0.15) is 0 Å². The molecule has 0 saturated heterocycles. The largest absolute Gasteiger partial charge is 0.454 e. The topological polar surface area (TPSA) is 81.3 Å². The van der Waals surface area contributed by atoms with Crippen molar-refractivity contribution >= 4 is 83.0 Å². The van der Waals surface area contributed by atoms with Crippen molar-refractivity contribution in [2.75, 3.05) is 4.90 Å². The van der Waals surface area contributed by atoms with Crippen LogP contribution in [-0.2, 0) is 0 Å². The number of nitrogens with zero attached hydrogens (tertiary/aromatic N) is 4. The number of hydrogen-bond donors (Lipinski definition) is 0. The fourth-order valence-electron chi connectivity index (χ4n) is 7.96. The lowest BCUT2D eigenvalue weighted by Crippen LogP contribution is -2.09. The number of rotatable bonds is 6. The van der Waals surface area contributed by atoms with Gasteiger partial charge in [-0.1, -0.05) is 66.7 Å². The molecular weight excluding hydrogens is 717 g/mol. The Hall–Kier alpha value is -8.03. The standard InChI is InChI=1S/C51H30N4O3/c1-2-8-42-37(7-1)30-48-49(52-42)41-26-20-36(29-47(41)56-48)33-13-14-35-28-40(25-19-34(35)27-33)55(38-21-15-31(16-22-38)50-53-43-9-3-5-11-45(43)57-50)39-23-17-32(18-24-39)51-54-44-10-4-6-12-46(44)58-51/h1-30H. The highest BCUT2D eigenvalue weighted by molar-refractivity contribution is 6.07. The number of fused-ring (bicyclic) bond motifs is 7. The van der Waals surface area contributed by atoms with E-state index in [2.05, 4.69) is 120 Å². The van der Waals surface area contributed by atoms with Crippen LogP contribution in [-0.4, -0.2) is 15.0 Å². The molecule has 0 unspecified atom stereocenters. The first-order chi connectivity index (χ1) is 28.7. The van der Waals surface area contributed by atoms with Gasteiger partial charge in [-0.05, 0) is 137 Å². The number of anilines is 3. The molecule has 0 bridgehead atoms. The molecule has 4 aromatic heterocycles. The Morgan fingerprint density at radius 3 is 1.53 bits per heavy atom. The van der Waals surface area contributed by atoms with E-state index in [1.54, 1.807) is 0 Å². The van der Waals surface area contributed by atoms with Gasteiger partial charge in [0, 0.05) is 39.0 Å². The maximum atomic E-state index is 6.34. The Labute approximate surface area is 331 Å². The Morgan fingerprint density at radius 1 is 0.328 bits per heavy atom. The Morgan fingerprint density at radius 2 is 0.862 bits per heavy atom. The third kappa shape index (κ3) is 5.40. The second-order valence-electron chi connectivity index (χ2n) is 14.5. The molecule has 0 fully saturated rings. The zero-order chi connectivity index (χ0) is 38.2. The van der Waals surface area contributed by atoms with Crippen LogP contribution >= 0.6 is 0 Å². The van der Waals surface area contributed by atoms with E-state index in [-0.39, 0.29) is 0 Å². The first-order valence-electron chi connectivity index (χ1n) is 19.2. The Balaban J connectivity index is 0.913. The van der Waals surface area contributed by atoms with Crippen molar-refractivity contribution in [2.45, 2.75) is 0 Å². The summed E-state index contributed by atoms with van der Waals surface area (Å²) in [6, 6.07) is 62.1. The van der Waals surface area contributed by atoms with Crippen LogP contribution in [0.15, 0.2) is 195 Å². The van der Waals surface area contributed by atoms with Gasteiger partial charge in [-0.3, -0.25) is 0 Å². The van der Waals surface area contributed by atoms with E-state index >= 15 is 0 Å². The molecule has 0 aliphatic heterocycles. The second kappa shape index (κ2) is 12.8. The van der Waals surface area contributed by atoms with Gasteiger partial charge in [-0.2, -0.15) is 0 Å². The fourth-order valence-corrected chi connectivity index (χ4v) is 7.96. The van der Waals surface area contributed by atoms with E-state index in [1.807, 2.05) is 66.7 Å². The van der Waals surface area contributed by atoms with Crippen molar-refractivity contribution < 1.29 is 13.3 Å². The molecule has 8 aromatic carbocycles. The van der Waals surface area contributed by atoms with Crippen molar-refractivity contribution in [3.05, 3.63) is 182 Å². The fraction of sp³-hybridized carbons (Fsp3) is 0. The number of aromatic nitrogens is 3. The van der Waals surface area contributed by atoms with Gasteiger partial charge in [0.05, 0.1) is 5.52 Å². The average molecular weight is 747 g/mol. The highest BCUT2D eigenvalue weighted by Gasteiger charge is 2.17. The lowest BCUT2D eigenvalue weighted by atomic mass is 9.99. The van der Waals surface area contributed by atoms with Crippen molar-refractivity contribution in [1.82, 2.24) is 15.0 Å². The Kier molecular flexibility index (Phi) is 7.09. The normalized spacial score (nSPS) is 11.8. The molecule has 0 saturated carbocycles. The van der Waals surface area contributed by atoms with Gasteiger partial charge >= 0.3 is 0 Å². The van der Waals surface area contributed by atoms with Gasteiger partial charge < -0.3 is 18.2 Å². The third-order valence-electron chi connectivity index (χ3n) is 10.9. The predicted molar refractivity (Wildman–Crippen MR) is 233 cm³/mol. The number of benzene rings is 8. The van der Waals surface area contributed by atoms with Crippen molar-refractivity contribution in [2.24, 2.45) is 0 Å². The van der Waals surface area contributed by atoms with Crippen LogP contribution in [0.4, 0.5) is 17.1 Å². The molecular formula is C51H30N4O3. The highest BCUT2D eigenvalue weighted by Crippen LogP contribution is 2.40. The molecule has 0 atom stereocenters. The monoisotopic (exact) mass is 746 g/mol. The van der Waals surface area contributed by atoms with E-state index in [4.69, 9.17) is 28.2 Å². The summed E-state index contributed by atoms with van der Waals surface area (Å²) < 4.78 is 18.5. The summed E-state index contributed by atoms with van der Waals surface area (Å²) in [5.74, 6) is 1.18. The van der Waals surface area contributed by atoms with E-state index < -0.39 is 0 Å².